The summed E-state index contributed by atoms with van der Waals surface area (Å²) in [6.45, 7) is 4.37. The van der Waals surface area contributed by atoms with Gasteiger partial charge in [0.2, 0.25) is 0 Å². The van der Waals surface area contributed by atoms with E-state index in [0.29, 0.717) is 23.6 Å². The van der Waals surface area contributed by atoms with Crippen LogP contribution in [0.1, 0.15) is 30.5 Å². The summed E-state index contributed by atoms with van der Waals surface area (Å²) in [5.41, 5.74) is 1.48. The SMILES string of the molecule is CC(C)(Oc1ccc2c(c1)CCN(c1nc(-c3ccc(C(F)(F)F)cc3)cs1)C2)C(=O)O. The first-order valence-corrected chi connectivity index (χ1v) is 10.8. The molecule has 0 unspecified atom stereocenters. The smallest absolute Gasteiger partial charge is 0.416 e. The van der Waals surface area contributed by atoms with Crippen LogP contribution in [0.3, 0.4) is 0 Å². The van der Waals surface area contributed by atoms with Crippen molar-refractivity contribution in [1.82, 2.24) is 4.98 Å². The number of hydrogen-bond acceptors (Lipinski definition) is 5. The summed E-state index contributed by atoms with van der Waals surface area (Å²) in [6, 6.07) is 10.6. The molecule has 0 atom stereocenters. The van der Waals surface area contributed by atoms with Gasteiger partial charge in [-0.15, -0.1) is 11.3 Å². The van der Waals surface area contributed by atoms with Gasteiger partial charge < -0.3 is 14.7 Å². The number of carboxylic acids is 1. The number of thiazole rings is 1. The molecule has 1 N–H and O–H groups in total. The lowest BCUT2D eigenvalue weighted by atomic mass is 9.99. The van der Waals surface area contributed by atoms with Crippen LogP contribution in [0.5, 0.6) is 5.75 Å². The second kappa shape index (κ2) is 8.12. The summed E-state index contributed by atoms with van der Waals surface area (Å²) < 4.78 is 44.0. The van der Waals surface area contributed by atoms with Crippen molar-refractivity contribution in [3.8, 4) is 17.0 Å². The van der Waals surface area contributed by atoms with Crippen LogP contribution in [0.2, 0.25) is 0 Å². The first kappa shape index (κ1) is 22.1. The van der Waals surface area contributed by atoms with Crippen molar-refractivity contribution in [3.05, 3.63) is 64.5 Å². The Morgan fingerprint density at radius 1 is 1.12 bits per heavy atom. The molecular weight excluding hydrogens is 441 g/mol. The Morgan fingerprint density at radius 3 is 2.50 bits per heavy atom. The van der Waals surface area contributed by atoms with E-state index >= 15 is 0 Å². The largest absolute Gasteiger partial charge is 0.478 e. The number of hydrogen-bond donors (Lipinski definition) is 1. The summed E-state index contributed by atoms with van der Waals surface area (Å²) in [5.74, 6) is -0.516. The van der Waals surface area contributed by atoms with Gasteiger partial charge >= 0.3 is 12.1 Å². The Labute approximate surface area is 187 Å². The quantitative estimate of drug-likeness (QED) is 0.532. The van der Waals surface area contributed by atoms with Gasteiger partial charge in [-0.05, 0) is 55.7 Å². The predicted molar refractivity (Wildman–Crippen MR) is 116 cm³/mol. The van der Waals surface area contributed by atoms with Crippen LogP contribution in [0.15, 0.2) is 47.8 Å². The fraction of sp³-hybridized carbons (Fsp3) is 0.304. The van der Waals surface area contributed by atoms with Crippen LogP contribution in [0.25, 0.3) is 11.3 Å². The summed E-state index contributed by atoms with van der Waals surface area (Å²) >= 11 is 1.45. The summed E-state index contributed by atoms with van der Waals surface area (Å²) in [5, 5.41) is 11.9. The molecule has 0 saturated carbocycles. The van der Waals surface area contributed by atoms with E-state index in [0.717, 1.165) is 41.4 Å². The van der Waals surface area contributed by atoms with Crippen molar-refractivity contribution in [2.45, 2.75) is 38.6 Å². The number of anilines is 1. The normalized spacial score (nSPS) is 14.2. The van der Waals surface area contributed by atoms with Crippen molar-refractivity contribution < 1.29 is 27.8 Å². The molecule has 9 heteroatoms. The molecule has 2 heterocycles. The van der Waals surface area contributed by atoms with Gasteiger partial charge in [-0.3, -0.25) is 0 Å². The molecule has 1 aliphatic heterocycles. The van der Waals surface area contributed by atoms with Gasteiger partial charge in [0.05, 0.1) is 11.3 Å². The van der Waals surface area contributed by atoms with E-state index in [9.17, 15) is 23.1 Å². The Morgan fingerprint density at radius 2 is 1.84 bits per heavy atom. The molecule has 0 aliphatic carbocycles. The van der Waals surface area contributed by atoms with Crippen LogP contribution >= 0.6 is 11.3 Å². The topological polar surface area (TPSA) is 62.7 Å². The van der Waals surface area contributed by atoms with Crippen LogP contribution in [-0.2, 0) is 23.9 Å². The maximum absolute atomic E-state index is 12.8. The lowest BCUT2D eigenvalue weighted by molar-refractivity contribution is -0.152. The van der Waals surface area contributed by atoms with E-state index in [1.165, 1.54) is 37.3 Å². The van der Waals surface area contributed by atoms with E-state index < -0.39 is 23.3 Å². The minimum Gasteiger partial charge on any atom is -0.478 e. The highest BCUT2D eigenvalue weighted by atomic mass is 32.1. The molecule has 168 valence electrons. The number of aliphatic carboxylic acids is 1. The maximum atomic E-state index is 12.8. The van der Waals surface area contributed by atoms with Crippen molar-refractivity contribution in [2.24, 2.45) is 0 Å². The van der Waals surface area contributed by atoms with Crippen LogP contribution in [0.4, 0.5) is 18.3 Å². The summed E-state index contributed by atoms with van der Waals surface area (Å²) in [7, 11) is 0. The number of ether oxygens (including phenoxy) is 1. The third kappa shape index (κ3) is 4.57. The van der Waals surface area contributed by atoms with Gasteiger partial charge in [-0.1, -0.05) is 18.2 Å². The van der Waals surface area contributed by atoms with E-state index in [1.54, 1.807) is 6.07 Å². The Balaban J connectivity index is 1.48. The highest BCUT2D eigenvalue weighted by Gasteiger charge is 2.31. The third-order valence-electron chi connectivity index (χ3n) is 5.35. The van der Waals surface area contributed by atoms with E-state index in [2.05, 4.69) is 9.88 Å². The van der Waals surface area contributed by atoms with Crippen LogP contribution in [0, 0.1) is 0 Å². The first-order chi connectivity index (χ1) is 15.0. The molecular formula is C23H21F3N2O3S. The van der Waals surface area contributed by atoms with Gasteiger partial charge in [0.15, 0.2) is 10.7 Å². The number of benzene rings is 2. The first-order valence-electron chi connectivity index (χ1n) is 9.95. The van der Waals surface area contributed by atoms with Crippen molar-refractivity contribution in [1.29, 1.82) is 0 Å². The average molecular weight is 462 g/mol. The molecule has 32 heavy (non-hydrogen) atoms. The molecule has 5 nitrogen and oxygen atoms in total. The van der Waals surface area contributed by atoms with Gasteiger partial charge in [-0.2, -0.15) is 13.2 Å². The standard InChI is InChI=1S/C23H21F3N2O3S/c1-22(2,20(29)30)31-18-8-5-16-12-28(10-9-15(16)11-18)21-27-19(13-32-21)14-3-6-17(7-4-14)23(24,25)26/h3-8,11,13H,9-10,12H2,1-2H3,(H,29,30). The lowest BCUT2D eigenvalue weighted by Gasteiger charge is -2.29. The minimum atomic E-state index is -4.36. The molecule has 4 rings (SSSR count). The average Bonchev–Trinajstić information content (AvgIpc) is 3.23. The van der Waals surface area contributed by atoms with Crippen molar-refractivity contribution in [2.75, 3.05) is 11.4 Å². The maximum Gasteiger partial charge on any atom is 0.416 e. The van der Waals surface area contributed by atoms with Gasteiger partial charge in [0.1, 0.15) is 5.75 Å². The van der Waals surface area contributed by atoms with Crippen LogP contribution in [-0.4, -0.2) is 28.2 Å². The second-order valence-electron chi connectivity index (χ2n) is 8.11. The molecule has 0 amide bonds. The molecule has 0 fully saturated rings. The van der Waals surface area contributed by atoms with Crippen molar-refractivity contribution in [3.63, 3.8) is 0 Å². The molecule has 0 saturated heterocycles. The van der Waals surface area contributed by atoms with E-state index in [1.807, 2.05) is 17.5 Å². The predicted octanol–water partition coefficient (Wildman–Crippen LogP) is 5.63. The molecule has 1 aromatic heterocycles. The van der Waals surface area contributed by atoms with E-state index in [-0.39, 0.29) is 0 Å². The number of carbonyl (C=O) groups is 1. The molecule has 0 radical (unpaired) electrons. The zero-order valence-electron chi connectivity index (χ0n) is 17.4. The van der Waals surface area contributed by atoms with Gasteiger partial charge in [0.25, 0.3) is 0 Å². The second-order valence-corrected chi connectivity index (χ2v) is 8.95. The van der Waals surface area contributed by atoms with E-state index in [4.69, 9.17) is 4.74 Å². The van der Waals surface area contributed by atoms with Gasteiger partial charge in [-0.25, -0.2) is 9.78 Å². The van der Waals surface area contributed by atoms with Crippen molar-refractivity contribution >= 4 is 22.4 Å². The highest BCUT2D eigenvalue weighted by molar-refractivity contribution is 7.14. The van der Waals surface area contributed by atoms with Gasteiger partial charge in [0, 0.05) is 24.0 Å². The molecule has 2 aromatic carbocycles. The number of fused-ring (bicyclic) bond motifs is 1. The highest BCUT2D eigenvalue weighted by Crippen LogP contribution is 2.34. The molecule has 0 bridgehead atoms. The summed E-state index contributed by atoms with van der Waals surface area (Å²) in [4.78, 5) is 18.0. The number of rotatable bonds is 5. The fourth-order valence-electron chi connectivity index (χ4n) is 3.47. The number of halogens is 3. The Hall–Kier alpha value is -3.07. The number of aromatic nitrogens is 1. The number of carboxylic acid groups (broad SMARTS) is 1. The Kier molecular flexibility index (Phi) is 5.62. The molecule has 1 aliphatic rings. The van der Waals surface area contributed by atoms with Crippen LogP contribution < -0.4 is 9.64 Å². The monoisotopic (exact) mass is 462 g/mol. The Bertz CT molecular complexity index is 1140. The number of nitrogens with zero attached hydrogens (tertiary/aromatic N) is 2. The molecule has 0 spiro atoms. The minimum absolute atomic E-state index is 0.517. The summed E-state index contributed by atoms with van der Waals surface area (Å²) in [6.07, 6.45) is -3.61. The molecule has 3 aromatic rings. The fourth-order valence-corrected chi connectivity index (χ4v) is 4.33. The lowest BCUT2D eigenvalue weighted by Crippen LogP contribution is -2.38. The third-order valence-corrected chi connectivity index (χ3v) is 6.25. The zero-order chi connectivity index (χ0) is 23.1. The number of alkyl halides is 3. The zero-order valence-corrected chi connectivity index (χ0v) is 18.3.